The lowest BCUT2D eigenvalue weighted by molar-refractivity contribution is -0.115. The first-order valence-corrected chi connectivity index (χ1v) is 7.54. The summed E-state index contributed by atoms with van der Waals surface area (Å²) in [5.41, 5.74) is 1.00. The molecule has 1 aromatic carbocycles. The number of ether oxygens (including phenoxy) is 1. The number of anilines is 1. The van der Waals surface area contributed by atoms with Gasteiger partial charge < -0.3 is 15.4 Å². The van der Waals surface area contributed by atoms with Crippen molar-refractivity contribution in [3.05, 3.63) is 28.8 Å². The summed E-state index contributed by atoms with van der Waals surface area (Å²) in [6, 6.07) is 4.87. The van der Waals surface area contributed by atoms with Crippen LogP contribution < -0.4 is 10.6 Å². The topological polar surface area (TPSA) is 79.8 Å². The molecule has 0 aliphatic carbocycles. The van der Waals surface area contributed by atoms with Crippen molar-refractivity contribution in [2.75, 3.05) is 31.3 Å². The lowest BCUT2D eigenvalue weighted by Gasteiger charge is -2.10. The van der Waals surface area contributed by atoms with Gasteiger partial charge in [-0.2, -0.15) is 4.99 Å². The van der Waals surface area contributed by atoms with E-state index in [0.29, 0.717) is 40.3 Å². The first-order valence-electron chi connectivity index (χ1n) is 6.18. The van der Waals surface area contributed by atoms with Gasteiger partial charge in [-0.15, -0.1) is 0 Å². The minimum Gasteiger partial charge on any atom is -0.383 e. The minimum atomic E-state index is -0.219. The Morgan fingerprint density at radius 3 is 3.00 bits per heavy atom. The Balaban J connectivity index is 2.08. The largest absolute Gasteiger partial charge is 0.383 e. The van der Waals surface area contributed by atoms with Gasteiger partial charge in [0.1, 0.15) is 0 Å². The van der Waals surface area contributed by atoms with Crippen molar-refractivity contribution < 1.29 is 14.3 Å². The maximum Gasteiger partial charge on any atom is 0.258 e. The van der Waals surface area contributed by atoms with E-state index in [-0.39, 0.29) is 11.8 Å². The number of halogens is 1. The van der Waals surface area contributed by atoms with Gasteiger partial charge in [0.25, 0.3) is 11.8 Å². The van der Waals surface area contributed by atoms with Crippen molar-refractivity contribution in [2.45, 2.75) is 0 Å². The molecule has 1 aromatic rings. The molecule has 0 aromatic heterocycles. The van der Waals surface area contributed by atoms with Gasteiger partial charge in [-0.3, -0.25) is 9.59 Å². The van der Waals surface area contributed by atoms with Crippen LogP contribution in [0.3, 0.4) is 0 Å². The highest BCUT2D eigenvalue weighted by Crippen LogP contribution is 2.25. The molecule has 0 bridgehead atoms. The predicted molar refractivity (Wildman–Crippen MR) is 84.2 cm³/mol. The van der Waals surface area contributed by atoms with Crippen LogP contribution in [0.4, 0.5) is 5.69 Å². The molecule has 1 aliphatic rings. The van der Waals surface area contributed by atoms with Crippen LogP contribution in [0.15, 0.2) is 23.2 Å². The predicted octanol–water partition coefficient (Wildman–Crippen LogP) is 1.76. The van der Waals surface area contributed by atoms with Crippen LogP contribution in [0.1, 0.15) is 10.4 Å². The summed E-state index contributed by atoms with van der Waals surface area (Å²) in [4.78, 5) is 26.9. The molecule has 0 radical (unpaired) electrons. The lowest BCUT2D eigenvalue weighted by Crippen LogP contribution is -2.27. The fraction of sp³-hybridized carbons (Fsp3) is 0.308. The zero-order valence-electron chi connectivity index (χ0n) is 11.3. The molecule has 8 heteroatoms. The van der Waals surface area contributed by atoms with Gasteiger partial charge in [-0.1, -0.05) is 23.4 Å². The summed E-state index contributed by atoms with van der Waals surface area (Å²) in [6.07, 6.45) is 0. The first kappa shape index (κ1) is 15.8. The highest BCUT2D eigenvalue weighted by atomic mass is 35.5. The van der Waals surface area contributed by atoms with Gasteiger partial charge >= 0.3 is 0 Å². The average molecular weight is 328 g/mol. The van der Waals surface area contributed by atoms with Crippen LogP contribution in [0, 0.1) is 0 Å². The van der Waals surface area contributed by atoms with Crippen LogP contribution in [-0.4, -0.2) is 43.0 Å². The number of thioether (sulfide) groups is 1. The fourth-order valence-corrected chi connectivity index (χ4v) is 2.46. The van der Waals surface area contributed by atoms with E-state index in [9.17, 15) is 9.59 Å². The zero-order valence-corrected chi connectivity index (χ0v) is 12.9. The number of methoxy groups -OCH3 is 1. The smallest absolute Gasteiger partial charge is 0.258 e. The van der Waals surface area contributed by atoms with E-state index in [4.69, 9.17) is 16.3 Å². The summed E-state index contributed by atoms with van der Waals surface area (Å²) >= 11 is 7.38. The van der Waals surface area contributed by atoms with E-state index < -0.39 is 0 Å². The van der Waals surface area contributed by atoms with Crippen molar-refractivity contribution >= 4 is 46.0 Å². The number of nitrogens with zero attached hydrogens (tertiary/aromatic N) is 1. The third-order valence-corrected chi connectivity index (χ3v) is 3.81. The summed E-state index contributed by atoms with van der Waals surface area (Å²) in [5.74, 6) is -0.0899. The minimum absolute atomic E-state index is 0.188. The average Bonchev–Trinajstić information content (AvgIpc) is 2.87. The second-order valence-electron chi connectivity index (χ2n) is 4.17. The summed E-state index contributed by atoms with van der Waals surface area (Å²) in [7, 11) is 1.57. The van der Waals surface area contributed by atoms with E-state index in [1.807, 2.05) is 0 Å². The number of hydrogen-bond donors (Lipinski definition) is 2. The second-order valence-corrected chi connectivity index (χ2v) is 5.54. The van der Waals surface area contributed by atoms with E-state index in [0.717, 1.165) is 0 Å². The number of amidine groups is 1. The van der Waals surface area contributed by atoms with E-state index in [1.54, 1.807) is 25.3 Å². The van der Waals surface area contributed by atoms with Crippen LogP contribution in [0.25, 0.3) is 0 Å². The maximum atomic E-state index is 11.9. The van der Waals surface area contributed by atoms with Gasteiger partial charge in [0.15, 0.2) is 5.17 Å². The van der Waals surface area contributed by atoms with Crippen molar-refractivity contribution in [3.8, 4) is 0 Å². The Kier molecular flexibility index (Phi) is 5.60. The molecule has 0 saturated carbocycles. The number of amides is 2. The third kappa shape index (κ3) is 4.45. The number of benzene rings is 1. The van der Waals surface area contributed by atoms with Gasteiger partial charge in [0.05, 0.1) is 23.1 Å². The van der Waals surface area contributed by atoms with Gasteiger partial charge in [-0.25, -0.2) is 0 Å². The van der Waals surface area contributed by atoms with Gasteiger partial charge in [-0.05, 0) is 18.2 Å². The molecule has 1 heterocycles. The standard InChI is InChI=1S/C13H14ClN3O3S/c1-20-5-4-15-12(19)8-2-3-9(14)10(6-8)16-13-17-11(18)7-21-13/h2-3,6H,4-5,7H2,1H3,(H,15,19)(H,16,17,18). The molecule has 2 N–H and O–H groups in total. The van der Waals surface area contributed by atoms with Crippen LogP contribution in [0.5, 0.6) is 0 Å². The number of aliphatic imine (C=N–C) groups is 1. The number of rotatable bonds is 5. The Labute approximate surface area is 131 Å². The molecule has 0 atom stereocenters. The molecule has 0 saturated heterocycles. The first-order chi connectivity index (χ1) is 10.1. The van der Waals surface area contributed by atoms with Crippen molar-refractivity contribution in [1.29, 1.82) is 0 Å². The van der Waals surface area contributed by atoms with Crippen molar-refractivity contribution in [2.24, 2.45) is 4.99 Å². The van der Waals surface area contributed by atoms with Crippen LogP contribution >= 0.6 is 23.4 Å². The molecule has 0 unspecified atom stereocenters. The van der Waals surface area contributed by atoms with Gasteiger partial charge in [0, 0.05) is 19.2 Å². The SMILES string of the molecule is COCCNC(=O)c1ccc(Cl)c(NC2=NC(=O)CS2)c1. The number of hydrogen-bond acceptors (Lipinski definition) is 5. The summed E-state index contributed by atoms with van der Waals surface area (Å²) in [5, 5.41) is 6.62. The molecule has 2 amide bonds. The quantitative estimate of drug-likeness (QED) is 0.806. The maximum absolute atomic E-state index is 11.9. The van der Waals surface area contributed by atoms with Gasteiger partial charge in [0.2, 0.25) is 0 Å². The molecule has 1 aliphatic heterocycles. The molecule has 0 fully saturated rings. The second kappa shape index (κ2) is 7.44. The number of nitrogens with one attached hydrogen (secondary N) is 2. The molecule has 21 heavy (non-hydrogen) atoms. The number of carbonyl (C=O) groups is 2. The fourth-order valence-electron chi connectivity index (χ4n) is 1.62. The number of carbonyl (C=O) groups excluding carboxylic acids is 2. The summed E-state index contributed by atoms with van der Waals surface area (Å²) in [6.45, 7) is 0.873. The third-order valence-electron chi connectivity index (χ3n) is 2.62. The Bertz CT molecular complexity index is 592. The highest BCUT2D eigenvalue weighted by Gasteiger charge is 2.16. The Morgan fingerprint density at radius 2 is 2.33 bits per heavy atom. The van der Waals surface area contributed by atoms with Crippen molar-refractivity contribution in [3.63, 3.8) is 0 Å². The monoisotopic (exact) mass is 327 g/mol. The molecular weight excluding hydrogens is 314 g/mol. The normalized spacial score (nSPS) is 14.0. The Morgan fingerprint density at radius 1 is 1.52 bits per heavy atom. The molecule has 2 rings (SSSR count). The van der Waals surface area contributed by atoms with Crippen LogP contribution in [-0.2, 0) is 9.53 Å². The van der Waals surface area contributed by atoms with Crippen LogP contribution in [0.2, 0.25) is 5.02 Å². The molecule has 0 spiro atoms. The molecule has 112 valence electrons. The molecular formula is C13H14ClN3O3S. The summed E-state index contributed by atoms with van der Waals surface area (Å²) < 4.78 is 4.87. The van der Waals surface area contributed by atoms with E-state index in [1.165, 1.54) is 11.8 Å². The van der Waals surface area contributed by atoms with E-state index in [2.05, 4.69) is 15.6 Å². The molecule has 6 nitrogen and oxygen atoms in total. The zero-order chi connectivity index (χ0) is 15.2. The highest BCUT2D eigenvalue weighted by molar-refractivity contribution is 8.15. The van der Waals surface area contributed by atoms with Crippen molar-refractivity contribution in [1.82, 2.24) is 5.32 Å². The van der Waals surface area contributed by atoms with E-state index >= 15 is 0 Å². The lowest BCUT2D eigenvalue weighted by atomic mass is 10.2. The Hall–Kier alpha value is -1.57.